The van der Waals surface area contributed by atoms with E-state index in [0.29, 0.717) is 40.9 Å². The highest BCUT2D eigenvalue weighted by atomic mass is 19.1. The number of hydrogen-bond acceptors (Lipinski definition) is 6. The molecule has 0 radical (unpaired) electrons. The van der Waals surface area contributed by atoms with Crippen molar-refractivity contribution in [2.75, 3.05) is 45.3 Å². The zero-order valence-corrected chi connectivity index (χ0v) is 18.5. The maximum absolute atomic E-state index is 14.7. The molecule has 4 aromatic rings. The maximum Gasteiger partial charge on any atom is 0.143 e. The highest BCUT2D eigenvalue weighted by molar-refractivity contribution is 5.92. The molecule has 1 fully saturated rings. The van der Waals surface area contributed by atoms with Crippen LogP contribution in [-0.2, 0) is 0 Å². The Bertz CT molecular complexity index is 1350. The molecular formula is C25H24FN5O2. The summed E-state index contributed by atoms with van der Waals surface area (Å²) in [6.45, 7) is 3.68. The van der Waals surface area contributed by atoms with Gasteiger partial charge in [0.2, 0.25) is 0 Å². The molecule has 0 saturated carbocycles. The standard InChI is InChI=1S/C25H24FN5O2/c1-30-10-11-31-16(13-30)14-33-22-12-15(6-9-20(22)31)24-25-19(28-29-24)8-7-18(27-25)23-17(26)4-3-5-21(23)32-2/h3-9,12,16H,10-11,13-14H2,1-2H3,(H,28,29). The summed E-state index contributed by atoms with van der Waals surface area (Å²) < 4.78 is 26.2. The van der Waals surface area contributed by atoms with Crippen LogP contribution >= 0.6 is 0 Å². The number of nitrogens with one attached hydrogen (secondary N) is 1. The van der Waals surface area contributed by atoms with Crippen molar-refractivity contribution in [2.45, 2.75) is 6.04 Å². The molecule has 168 valence electrons. The van der Waals surface area contributed by atoms with Gasteiger partial charge in [-0.25, -0.2) is 9.37 Å². The van der Waals surface area contributed by atoms with Crippen LogP contribution in [0.1, 0.15) is 0 Å². The summed E-state index contributed by atoms with van der Waals surface area (Å²) in [6, 6.07) is 14.9. The van der Waals surface area contributed by atoms with Gasteiger partial charge in [0.15, 0.2) is 0 Å². The normalized spacial score (nSPS) is 18.0. The van der Waals surface area contributed by atoms with Crippen molar-refractivity contribution in [2.24, 2.45) is 0 Å². The van der Waals surface area contributed by atoms with Crippen LogP contribution in [-0.4, -0.2) is 66.5 Å². The largest absolute Gasteiger partial charge is 0.496 e. The third-order valence-corrected chi connectivity index (χ3v) is 6.52. The van der Waals surface area contributed by atoms with E-state index in [4.69, 9.17) is 14.5 Å². The zero-order chi connectivity index (χ0) is 22.5. The molecule has 0 amide bonds. The second kappa shape index (κ2) is 7.74. The van der Waals surface area contributed by atoms with Crippen LogP contribution in [0.4, 0.5) is 10.1 Å². The van der Waals surface area contributed by atoms with Crippen LogP contribution in [0.2, 0.25) is 0 Å². The van der Waals surface area contributed by atoms with Gasteiger partial charge in [-0.1, -0.05) is 12.1 Å². The second-order valence-electron chi connectivity index (χ2n) is 8.58. The van der Waals surface area contributed by atoms with Crippen LogP contribution in [0.5, 0.6) is 11.5 Å². The Balaban J connectivity index is 1.41. The maximum atomic E-state index is 14.7. The number of hydrogen-bond donors (Lipinski definition) is 1. The number of pyridine rings is 1. The van der Waals surface area contributed by atoms with Gasteiger partial charge in [0.25, 0.3) is 0 Å². The van der Waals surface area contributed by atoms with Gasteiger partial charge in [0.1, 0.15) is 35.1 Å². The first-order chi connectivity index (χ1) is 16.1. The number of piperazine rings is 1. The summed E-state index contributed by atoms with van der Waals surface area (Å²) in [5, 5.41) is 7.56. The minimum Gasteiger partial charge on any atom is -0.496 e. The Labute approximate surface area is 190 Å². The molecule has 0 aliphatic carbocycles. The highest BCUT2D eigenvalue weighted by Crippen LogP contribution is 2.39. The number of rotatable bonds is 3. The third kappa shape index (κ3) is 3.29. The molecule has 2 aliphatic rings. The quantitative estimate of drug-likeness (QED) is 0.515. The summed E-state index contributed by atoms with van der Waals surface area (Å²) >= 11 is 0. The lowest BCUT2D eigenvalue weighted by Crippen LogP contribution is -2.56. The monoisotopic (exact) mass is 445 g/mol. The first kappa shape index (κ1) is 20.0. The van der Waals surface area contributed by atoms with E-state index >= 15 is 0 Å². The van der Waals surface area contributed by atoms with E-state index in [1.165, 1.54) is 13.2 Å². The Morgan fingerprint density at radius 3 is 2.94 bits per heavy atom. The summed E-state index contributed by atoms with van der Waals surface area (Å²) in [5.74, 6) is 0.919. The summed E-state index contributed by atoms with van der Waals surface area (Å²) in [7, 11) is 3.68. The van der Waals surface area contributed by atoms with E-state index in [2.05, 4.69) is 39.2 Å². The molecule has 4 heterocycles. The molecular weight excluding hydrogens is 421 g/mol. The fraction of sp³-hybridized carbons (Fsp3) is 0.280. The lowest BCUT2D eigenvalue weighted by Gasteiger charge is -2.44. The van der Waals surface area contributed by atoms with Gasteiger partial charge in [-0.05, 0) is 43.4 Å². The fourth-order valence-corrected chi connectivity index (χ4v) is 4.83. The first-order valence-corrected chi connectivity index (χ1v) is 11.0. The topological polar surface area (TPSA) is 66.5 Å². The number of aromatic nitrogens is 3. The molecule has 6 rings (SSSR count). The molecule has 8 heteroatoms. The van der Waals surface area contributed by atoms with Gasteiger partial charge >= 0.3 is 0 Å². The SMILES string of the molecule is COc1cccc(F)c1-c1ccc2[nH]nc(-c3ccc4c(c3)OCC3CN(C)CCN43)c2n1. The van der Waals surface area contributed by atoms with Crippen LogP contribution in [0.15, 0.2) is 48.5 Å². The molecule has 0 bridgehead atoms. The van der Waals surface area contributed by atoms with Gasteiger partial charge in [-0.3, -0.25) is 5.10 Å². The van der Waals surface area contributed by atoms with E-state index < -0.39 is 0 Å². The number of fused-ring (bicyclic) bond motifs is 4. The molecule has 2 aromatic carbocycles. The van der Waals surface area contributed by atoms with E-state index in [1.54, 1.807) is 18.2 Å². The van der Waals surface area contributed by atoms with Gasteiger partial charge in [0, 0.05) is 25.2 Å². The molecule has 1 unspecified atom stereocenters. The molecule has 0 spiro atoms. The molecule has 1 saturated heterocycles. The van der Waals surface area contributed by atoms with Crippen molar-refractivity contribution in [1.82, 2.24) is 20.1 Å². The van der Waals surface area contributed by atoms with Crippen molar-refractivity contribution < 1.29 is 13.9 Å². The van der Waals surface area contributed by atoms with Crippen molar-refractivity contribution in [3.8, 4) is 34.0 Å². The van der Waals surface area contributed by atoms with Crippen LogP contribution in [0.25, 0.3) is 33.5 Å². The van der Waals surface area contributed by atoms with Crippen LogP contribution < -0.4 is 14.4 Å². The molecule has 1 atom stereocenters. The zero-order valence-electron chi connectivity index (χ0n) is 18.5. The predicted molar refractivity (Wildman–Crippen MR) is 125 cm³/mol. The second-order valence-corrected chi connectivity index (χ2v) is 8.58. The van der Waals surface area contributed by atoms with Crippen LogP contribution in [0, 0.1) is 5.82 Å². The van der Waals surface area contributed by atoms with Gasteiger partial charge in [-0.15, -0.1) is 0 Å². The molecule has 7 nitrogen and oxygen atoms in total. The molecule has 2 aromatic heterocycles. The van der Waals surface area contributed by atoms with E-state index in [-0.39, 0.29) is 5.82 Å². The number of benzene rings is 2. The number of likely N-dealkylation sites (N-methyl/N-ethyl adjacent to an activating group) is 1. The summed E-state index contributed by atoms with van der Waals surface area (Å²) in [4.78, 5) is 9.54. The summed E-state index contributed by atoms with van der Waals surface area (Å²) in [5.41, 5.74) is 5.01. The molecule has 2 aliphatic heterocycles. The van der Waals surface area contributed by atoms with Crippen molar-refractivity contribution in [3.63, 3.8) is 0 Å². The molecule has 1 N–H and O–H groups in total. The Kier molecular flexibility index (Phi) is 4.69. The lowest BCUT2D eigenvalue weighted by molar-refractivity contribution is 0.188. The smallest absolute Gasteiger partial charge is 0.143 e. The van der Waals surface area contributed by atoms with Crippen LogP contribution in [0.3, 0.4) is 0 Å². The Morgan fingerprint density at radius 1 is 1.15 bits per heavy atom. The predicted octanol–water partition coefficient (Wildman–Crippen LogP) is 3.95. The van der Waals surface area contributed by atoms with E-state index in [9.17, 15) is 4.39 Å². The number of aromatic amines is 1. The minimum atomic E-state index is -0.379. The number of anilines is 1. The highest BCUT2D eigenvalue weighted by Gasteiger charge is 2.32. The average Bonchev–Trinajstić information content (AvgIpc) is 3.26. The first-order valence-electron chi connectivity index (χ1n) is 11.0. The van der Waals surface area contributed by atoms with Crippen molar-refractivity contribution >= 4 is 16.7 Å². The number of halogens is 1. The fourth-order valence-electron chi connectivity index (χ4n) is 4.83. The number of nitrogens with zero attached hydrogens (tertiary/aromatic N) is 4. The van der Waals surface area contributed by atoms with Gasteiger partial charge in [-0.2, -0.15) is 5.10 Å². The summed E-state index contributed by atoms with van der Waals surface area (Å²) in [6.07, 6.45) is 0. The third-order valence-electron chi connectivity index (χ3n) is 6.52. The number of methoxy groups -OCH3 is 1. The average molecular weight is 445 g/mol. The molecule has 33 heavy (non-hydrogen) atoms. The Hall–Kier alpha value is -3.65. The van der Waals surface area contributed by atoms with Gasteiger partial charge < -0.3 is 19.3 Å². The Morgan fingerprint density at radius 2 is 2.06 bits per heavy atom. The number of H-pyrrole nitrogens is 1. The van der Waals surface area contributed by atoms with Crippen molar-refractivity contribution in [1.29, 1.82) is 0 Å². The van der Waals surface area contributed by atoms with E-state index in [0.717, 1.165) is 42.2 Å². The minimum absolute atomic E-state index is 0.337. The lowest BCUT2D eigenvalue weighted by atomic mass is 10.0. The van der Waals surface area contributed by atoms with E-state index in [1.807, 2.05) is 12.1 Å². The number of ether oxygens (including phenoxy) is 2. The van der Waals surface area contributed by atoms with Gasteiger partial charge in [0.05, 0.1) is 35.6 Å². The van der Waals surface area contributed by atoms with Crippen molar-refractivity contribution in [3.05, 3.63) is 54.3 Å².